The first-order valence-electron chi connectivity index (χ1n) is 24.1. The molecule has 6 aromatic rings. The van der Waals surface area contributed by atoms with E-state index in [0.717, 1.165) is 33.4 Å². The van der Waals surface area contributed by atoms with Gasteiger partial charge in [0.1, 0.15) is 0 Å². The van der Waals surface area contributed by atoms with E-state index in [1.807, 2.05) is 0 Å². The number of hydrogen-bond donors (Lipinski definition) is 0. The molecule has 11 rings (SSSR count). The number of rotatable bonds is 4. The van der Waals surface area contributed by atoms with E-state index in [1.165, 1.54) is 88.7 Å². The van der Waals surface area contributed by atoms with Gasteiger partial charge in [0, 0.05) is 23.0 Å². The van der Waals surface area contributed by atoms with Crippen LogP contribution < -0.4 is 0 Å². The lowest BCUT2D eigenvalue weighted by atomic mass is 9.71. The quantitative estimate of drug-likeness (QED) is 0.173. The summed E-state index contributed by atoms with van der Waals surface area (Å²) in [6, 6.07) is 45.2. The molecule has 0 heterocycles. The van der Waals surface area contributed by atoms with Gasteiger partial charge in [0.15, 0.2) is 5.78 Å². The molecule has 1 saturated carbocycles. The minimum atomic E-state index is -0.108. The zero-order valence-corrected chi connectivity index (χ0v) is 40.9. The molecule has 0 spiro atoms. The third-order valence-corrected chi connectivity index (χ3v) is 15.2. The first kappa shape index (κ1) is 42.3. The second-order valence-electron chi connectivity index (χ2n) is 23.6. The number of fused-ring (bicyclic) bond motifs is 7. The summed E-state index contributed by atoms with van der Waals surface area (Å²) in [6.45, 7) is 27.5. The van der Waals surface area contributed by atoms with Gasteiger partial charge in [-0.15, -0.1) is 0 Å². The zero-order valence-electron chi connectivity index (χ0n) is 40.9. The zero-order chi connectivity index (χ0) is 46.4. The Labute approximate surface area is 393 Å². The van der Waals surface area contributed by atoms with Crippen molar-refractivity contribution in [2.45, 2.75) is 105 Å². The molecule has 5 aliphatic rings. The lowest BCUT2D eigenvalue weighted by molar-refractivity contribution is -0.108. The largest absolute Gasteiger partial charge is 0.289 e. The van der Waals surface area contributed by atoms with Crippen LogP contribution in [0.1, 0.15) is 128 Å². The van der Waals surface area contributed by atoms with Crippen molar-refractivity contribution >= 4 is 38.8 Å². The summed E-state index contributed by atoms with van der Waals surface area (Å²) < 4.78 is 0. The van der Waals surface area contributed by atoms with Crippen molar-refractivity contribution in [2.75, 3.05) is 0 Å². The van der Waals surface area contributed by atoms with Gasteiger partial charge in [-0.1, -0.05) is 229 Å². The summed E-state index contributed by atoms with van der Waals surface area (Å²) in [6.07, 6.45) is 9.71. The van der Waals surface area contributed by atoms with Gasteiger partial charge in [0.2, 0.25) is 0 Å². The minimum absolute atomic E-state index is 0.0663. The molecule has 6 aromatic carbocycles. The fourth-order valence-corrected chi connectivity index (χ4v) is 11.6. The highest BCUT2D eigenvalue weighted by Gasteiger charge is 2.54. The maximum absolute atomic E-state index is 16.1. The Kier molecular flexibility index (Phi) is 9.20. The van der Waals surface area contributed by atoms with Crippen molar-refractivity contribution in [1.29, 1.82) is 0 Å². The number of hydrogen-bond acceptors (Lipinski definition) is 1. The van der Waals surface area contributed by atoms with E-state index >= 15 is 4.79 Å². The van der Waals surface area contributed by atoms with Crippen molar-refractivity contribution in [1.82, 2.24) is 0 Å². The van der Waals surface area contributed by atoms with Crippen molar-refractivity contribution in [3.05, 3.63) is 212 Å². The Morgan fingerprint density at radius 3 is 0.955 bits per heavy atom. The van der Waals surface area contributed by atoms with Crippen molar-refractivity contribution in [2.24, 2.45) is 11.8 Å². The van der Waals surface area contributed by atoms with E-state index in [9.17, 15) is 0 Å². The number of allylic oxidation sites excluding steroid dienone is 12. The second kappa shape index (κ2) is 14.3. The average molecular weight is 859 g/mol. The Hall–Kier alpha value is -6.31. The van der Waals surface area contributed by atoms with E-state index in [4.69, 9.17) is 0 Å². The van der Waals surface area contributed by atoms with Crippen LogP contribution in [0.3, 0.4) is 0 Å². The van der Waals surface area contributed by atoms with Crippen molar-refractivity contribution in [3.8, 4) is 22.3 Å². The third kappa shape index (κ3) is 6.36. The summed E-state index contributed by atoms with van der Waals surface area (Å²) in [5.41, 5.74) is 23.7. The van der Waals surface area contributed by atoms with Gasteiger partial charge in [0.05, 0.1) is 0 Å². The summed E-state index contributed by atoms with van der Waals surface area (Å²) in [4.78, 5) is 16.1. The average Bonchev–Trinajstić information content (AvgIpc) is 3.88. The van der Waals surface area contributed by atoms with E-state index in [0.29, 0.717) is 0 Å². The Balaban J connectivity index is 1.25. The summed E-state index contributed by atoms with van der Waals surface area (Å²) >= 11 is 0. The molecule has 0 atom stereocenters. The number of Topliss-reactive ketones (excluding diaryl/α,β-unsaturated/α-hetero) is 1. The molecular weight excluding hydrogens is 797 g/mol. The fourth-order valence-electron chi connectivity index (χ4n) is 11.6. The molecule has 0 aliphatic heterocycles. The molecule has 0 unspecified atom stereocenters. The molecule has 0 radical (unpaired) electrons. The van der Waals surface area contributed by atoms with Gasteiger partial charge in [-0.2, -0.15) is 0 Å². The fraction of sp³-hybridized carbons (Fsp3) is 0.277. The number of carbonyl (C=O) groups is 1. The highest BCUT2D eigenvalue weighted by molar-refractivity contribution is 6.48. The molecule has 66 heavy (non-hydrogen) atoms. The molecule has 0 bridgehead atoms. The SMILES string of the molecule is CC(C)(C)c1cc(C2=C3C4=CC=C5c6c(c(-c7ccccc7)c7ccccc7c6-c6ccccc6)C6=CC=C(C3=C(c3cc(C(C)(C)C)cc(C(C)(C)C)c3)C2=O)C4C56)cc(C(C)(C)C)c1. The van der Waals surface area contributed by atoms with Gasteiger partial charge in [-0.25, -0.2) is 0 Å². The predicted octanol–water partition coefficient (Wildman–Crippen LogP) is 16.8. The van der Waals surface area contributed by atoms with Crippen LogP contribution in [0.2, 0.25) is 0 Å². The predicted molar refractivity (Wildman–Crippen MR) is 280 cm³/mol. The summed E-state index contributed by atoms with van der Waals surface area (Å²) in [5.74, 6) is 0.305. The normalized spacial score (nSPS) is 18.9. The molecule has 0 N–H and O–H groups in total. The maximum atomic E-state index is 16.1. The first-order valence-corrected chi connectivity index (χ1v) is 24.1. The second-order valence-corrected chi connectivity index (χ2v) is 23.6. The summed E-state index contributed by atoms with van der Waals surface area (Å²) in [5, 5.41) is 2.55. The van der Waals surface area contributed by atoms with E-state index < -0.39 is 0 Å². The summed E-state index contributed by atoms with van der Waals surface area (Å²) in [7, 11) is 0. The Morgan fingerprint density at radius 2 is 0.621 bits per heavy atom. The number of benzene rings is 6. The smallest absolute Gasteiger partial charge is 0.195 e. The molecule has 0 aromatic heterocycles. The van der Waals surface area contributed by atoms with E-state index in [2.05, 4.69) is 229 Å². The molecule has 1 fully saturated rings. The molecule has 1 nitrogen and oxygen atoms in total. The maximum Gasteiger partial charge on any atom is 0.195 e. The first-order chi connectivity index (χ1) is 31.2. The Bertz CT molecular complexity index is 3020. The van der Waals surface area contributed by atoms with Crippen LogP contribution in [-0.2, 0) is 26.5 Å². The van der Waals surface area contributed by atoms with Gasteiger partial charge in [-0.3, -0.25) is 4.79 Å². The van der Waals surface area contributed by atoms with E-state index in [-0.39, 0.29) is 39.3 Å². The van der Waals surface area contributed by atoms with Crippen molar-refractivity contribution in [3.63, 3.8) is 0 Å². The van der Waals surface area contributed by atoms with Gasteiger partial charge >= 0.3 is 0 Å². The van der Waals surface area contributed by atoms with Crippen LogP contribution >= 0.6 is 0 Å². The lowest BCUT2D eigenvalue weighted by Gasteiger charge is -2.31. The third-order valence-electron chi connectivity index (χ3n) is 15.2. The lowest BCUT2D eigenvalue weighted by Crippen LogP contribution is -2.21. The van der Waals surface area contributed by atoms with Crippen LogP contribution in [0, 0.1) is 11.8 Å². The van der Waals surface area contributed by atoms with Crippen LogP contribution in [-0.4, -0.2) is 5.78 Å². The molecule has 1 heteroatoms. The molecule has 5 aliphatic carbocycles. The van der Waals surface area contributed by atoms with Crippen LogP contribution in [0.5, 0.6) is 0 Å². The number of ketones is 1. The van der Waals surface area contributed by atoms with Crippen LogP contribution in [0.4, 0.5) is 0 Å². The molecule has 0 saturated heterocycles. The Morgan fingerprint density at radius 1 is 0.318 bits per heavy atom. The van der Waals surface area contributed by atoms with Crippen LogP contribution in [0.15, 0.2) is 168 Å². The standard InChI is InChI=1S/C65H62O/c1-62(2,3)41-31-39(32-42(35-41)63(4,5)6)53-59-49-29-27-47-55-48(28-30-50(56(49)55)60(59)54(61(53)66)40-33-43(64(7,8)9)36-44(34-40)65(10,11)12)58-52(38-23-17-14-18-24-38)46-26-20-19-25-45(46)51(57(47)58)37-21-15-13-16-22-37/h13-36,55-56H,1-12H3. The minimum Gasteiger partial charge on any atom is -0.289 e. The van der Waals surface area contributed by atoms with Gasteiger partial charge < -0.3 is 0 Å². The number of carbonyl (C=O) groups excluding carboxylic acids is 1. The monoisotopic (exact) mass is 858 g/mol. The highest BCUT2D eigenvalue weighted by Crippen LogP contribution is 2.68. The van der Waals surface area contributed by atoms with Gasteiger partial charge in [-0.05, 0) is 133 Å². The molecule has 328 valence electrons. The van der Waals surface area contributed by atoms with Gasteiger partial charge in [0.25, 0.3) is 0 Å². The van der Waals surface area contributed by atoms with Crippen molar-refractivity contribution < 1.29 is 4.79 Å². The van der Waals surface area contributed by atoms with E-state index in [1.54, 1.807) is 0 Å². The highest BCUT2D eigenvalue weighted by atomic mass is 16.1. The van der Waals surface area contributed by atoms with Crippen LogP contribution in [0.25, 0.3) is 55.3 Å². The molecule has 0 amide bonds. The topological polar surface area (TPSA) is 17.1 Å². The molecular formula is C65H62O.